The Kier molecular flexibility index (Phi) is 5.76. The van der Waals surface area contributed by atoms with E-state index in [4.69, 9.17) is 4.74 Å². The summed E-state index contributed by atoms with van der Waals surface area (Å²) < 4.78 is 5.41. The summed E-state index contributed by atoms with van der Waals surface area (Å²) in [4.78, 5) is 21.9. The Morgan fingerprint density at radius 1 is 1.45 bits per heavy atom. The van der Waals surface area contributed by atoms with Crippen molar-refractivity contribution in [3.8, 4) is 5.75 Å². The Hall–Kier alpha value is -2.31. The van der Waals surface area contributed by atoms with Crippen LogP contribution in [-0.4, -0.2) is 30.5 Å². The summed E-state index contributed by atoms with van der Waals surface area (Å²) in [7, 11) is 1.53. The number of ether oxygens (including phenoxy) is 1. The molecule has 7 nitrogen and oxygen atoms in total. The molecule has 2 N–H and O–H groups in total. The van der Waals surface area contributed by atoms with Crippen molar-refractivity contribution in [2.24, 2.45) is 0 Å². The van der Waals surface area contributed by atoms with Crippen LogP contribution >= 0.6 is 0 Å². The first-order valence-corrected chi connectivity index (χ1v) is 6.38. The SMILES string of the molecule is CCCOc1cc(NC(C)C(=O)NC)cc([N+](=O)[O-])c1. The molecule has 0 aromatic heterocycles. The van der Waals surface area contributed by atoms with E-state index < -0.39 is 11.0 Å². The minimum Gasteiger partial charge on any atom is -0.493 e. The third-order valence-corrected chi connectivity index (χ3v) is 2.60. The van der Waals surface area contributed by atoms with Crippen LogP contribution in [0.15, 0.2) is 18.2 Å². The Bertz CT molecular complexity index is 491. The van der Waals surface area contributed by atoms with Gasteiger partial charge in [0.05, 0.1) is 17.6 Å². The molecule has 0 bridgehead atoms. The minimum absolute atomic E-state index is 0.0785. The molecule has 1 aromatic rings. The highest BCUT2D eigenvalue weighted by atomic mass is 16.6. The Balaban J connectivity index is 2.96. The first-order chi connectivity index (χ1) is 9.47. The lowest BCUT2D eigenvalue weighted by atomic mass is 10.2. The van der Waals surface area contributed by atoms with Gasteiger partial charge in [-0.05, 0) is 13.3 Å². The van der Waals surface area contributed by atoms with E-state index in [0.717, 1.165) is 6.42 Å². The molecule has 0 aliphatic rings. The van der Waals surface area contributed by atoms with Crippen LogP contribution in [0.3, 0.4) is 0 Å². The Labute approximate surface area is 117 Å². The second-order valence-corrected chi connectivity index (χ2v) is 4.30. The van der Waals surface area contributed by atoms with Gasteiger partial charge in [-0.1, -0.05) is 6.92 Å². The van der Waals surface area contributed by atoms with E-state index in [1.165, 1.54) is 19.2 Å². The van der Waals surface area contributed by atoms with Crippen molar-refractivity contribution in [2.45, 2.75) is 26.3 Å². The summed E-state index contributed by atoms with van der Waals surface area (Å²) in [6.07, 6.45) is 0.806. The number of benzene rings is 1. The molecule has 7 heteroatoms. The van der Waals surface area contributed by atoms with Crippen LogP contribution in [0.1, 0.15) is 20.3 Å². The van der Waals surface area contributed by atoms with Crippen LogP contribution in [0.2, 0.25) is 0 Å². The van der Waals surface area contributed by atoms with Gasteiger partial charge in [-0.3, -0.25) is 14.9 Å². The van der Waals surface area contributed by atoms with E-state index in [1.807, 2.05) is 6.92 Å². The molecule has 1 unspecified atom stereocenters. The lowest BCUT2D eigenvalue weighted by Crippen LogP contribution is -2.35. The van der Waals surface area contributed by atoms with Crippen molar-refractivity contribution in [3.05, 3.63) is 28.3 Å². The van der Waals surface area contributed by atoms with E-state index in [1.54, 1.807) is 13.0 Å². The maximum absolute atomic E-state index is 11.5. The molecule has 0 fully saturated rings. The summed E-state index contributed by atoms with van der Waals surface area (Å²) in [6, 6.07) is 3.88. The number of hydrogen-bond donors (Lipinski definition) is 2. The van der Waals surface area contributed by atoms with Crippen molar-refractivity contribution >= 4 is 17.3 Å². The number of anilines is 1. The number of rotatable bonds is 7. The molecule has 0 spiro atoms. The van der Waals surface area contributed by atoms with E-state index in [2.05, 4.69) is 10.6 Å². The molecule has 110 valence electrons. The molecule has 1 aromatic carbocycles. The van der Waals surface area contributed by atoms with Crippen LogP contribution in [0.25, 0.3) is 0 Å². The van der Waals surface area contributed by atoms with Crippen LogP contribution < -0.4 is 15.4 Å². The van der Waals surface area contributed by atoms with Gasteiger partial charge < -0.3 is 15.4 Å². The number of likely N-dealkylation sites (N-methyl/N-ethyl adjacent to an activating group) is 1. The quantitative estimate of drug-likeness (QED) is 0.588. The Morgan fingerprint density at radius 3 is 2.70 bits per heavy atom. The van der Waals surface area contributed by atoms with Gasteiger partial charge in [0, 0.05) is 24.9 Å². The summed E-state index contributed by atoms with van der Waals surface area (Å²) in [5, 5.41) is 16.3. The van der Waals surface area contributed by atoms with E-state index in [0.29, 0.717) is 18.0 Å². The standard InChI is InChI=1S/C13H19N3O4/c1-4-5-20-12-7-10(6-11(8-12)16(18)19)15-9(2)13(17)14-3/h6-9,15H,4-5H2,1-3H3,(H,14,17). The number of nitro groups is 1. The predicted octanol–water partition coefficient (Wildman–Crippen LogP) is 1.93. The van der Waals surface area contributed by atoms with Gasteiger partial charge in [0.25, 0.3) is 5.69 Å². The van der Waals surface area contributed by atoms with Gasteiger partial charge in [-0.25, -0.2) is 0 Å². The van der Waals surface area contributed by atoms with Gasteiger partial charge in [0.15, 0.2) is 0 Å². The molecule has 20 heavy (non-hydrogen) atoms. The highest BCUT2D eigenvalue weighted by molar-refractivity contribution is 5.84. The van der Waals surface area contributed by atoms with Crippen LogP contribution in [0, 0.1) is 10.1 Å². The first kappa shape index (κ1) is 15.7. The molecule has 0 aliphatic heterocycles. The molecule has 0 radical (unpaired) electrons. The first-order valence-electron chi connectivity index (χ1n) is 6.38. The molecule has 1 amide bonds. The fraction of sp³-hybridized carbons (Fsp3) is 0.462. The predicted molar refractivity (Wildman–Crippen MR) is 76.0 cm³/mol. The molecular formula is C13H19N3O4. The number of carbonyl (C=O) groups is 1. The monoisotopic (exact) mass is 281 g/mol. The average molecular weight is 281 g/mol. The van der Waals surface area contributed by atoms with Crippen molar-refractivity contribution in [1.82, 2.24) is 5.32 Å². The fourth-order valence-corrected chi connectivity index (χ4v) is 1.61. The van der Waals surface area contributed by atoms with Gasteiger partial charge in [-0.15, -0.1) is 0 Å². The maximum Gasteiger partial charge on any atom is 0.275 e. The number of carbonyl (C=O) groups excluding carboxylic acids is 1. The van der Waals surface area contributed by atoms with E-state index >= 15 is 0 Å². The van der Waals surface area contributed by atoms with Gasteiger partial charge in [-0.2, -0.15) is 0 Å². The zero-order valence-electron chi connectivity index (χ0n) is 11.8. The number of nitrogens with one attached hydrogen (secondary N) is 2. The smallest absolute Gasteiger partial charge is 0.275 e. The molecule has 0 aliphatic carbocycles. The molecular weight excluding hydrogens is 262 g/mol. The van der Waals surface area contributed by atoms with Crippen LogP contribution in [0.5, 0.6) is 5.75 Å². The number of non-ortho nitro benzene ring substituents is 1. The van der Waals surface area contributed by atoms with Gasteiger partial charge in [0.1, 0.15) is 11.8 Å². The molecule has 0 heterocycles. The molecule has 0 saturated carbocycles. The topological polar surface area (TPSA) is 93.5 Å². The highest BCUT2D eigenvalue weighted by Gasteiger charge is 2.15. The average Bonchev–Trinajstić information content (AvgIpc) is 2.43. The third kappa shape index (κ3) is 4.42. The normalized spacial score (nSPS) is 11.6. The van der Waals surface area contributed by atoms with Crippen LogP contribution in [-0.2, 0) is 4.79 Å². The van der Waals surface area contributed by atoms with Crippen LogP contribution in [0.4, 0.5) is 11.4 Å². The minimum atomic E-state index is -0.499. The Morgan fingerprint density at radius 2 is 2.15 bits per heavy atom. The maximum atomic E-state index is 11.5. The highest BCUT2D eigenvalue weighted by Crippen LogP contribution is 2.26. The summed E-state index contributed by atoms with van der Waals surface area (Å²) >= 11 is 0. The lowest BCUT2D eigenvalue weighted by Gasteiger charge is -2.14. The number of nitrogens with zero attached hydrogens (tertiary/aromatic N) is 1. The van der Waals surface area contributed by atoms with Gasteiger partial charge >= 0.3 is 0 Å². The van der Waals surface area contributed by atoms with E-state index in [-0.39, 0.29) is 11.6 Å². The second kappa shape index (κ2) is 7.32. The second-order valence-electron chi connectivity index (χ2n) is 4.30. The fourth-order valence-electron chi connectivity index (χ4n) is 1.61. The largest absolute Gasteiger partial charge is 0.493 e. The summed E-state index contributed by atoms with van der Waals surface area (Å²) in [5.74, 6) is 0.209. The summed E-state index contributed by atoms with van der Waals surface area (Å²) in [6.45, 7) is 4.10. The molecule has 1 rings (SSSR count). The lowest BCUT2D eigenvalue weighted by molar-refractivity contribution is -0.384. The summed E-state index contributed by atoms with van der Waals surface area (Å²) in [5.41, 5.74) is 0.395. The van der Waals surface area contributed by atoms with Crippen molar-refractivity contribution in [3.63, 3.8) is 0 Å². The zero-order chi connectivity index (χ0) is 15.1. The number of hydrogen-bond acceptors (Lipinski definition) is 5. The third-order valence-electron chi connectivity index (χ3n) is 2.60. The number of nitro benzene ring substituents is 1. The van der Waals surface area contributed by atoms with Crippen molar-refractivity contribution < 1.29 is 14.5 Å². The van der Waals surface area contributed by atoms with Gasteiger partial charge in [0.2, 0.25) is 5.91 Å². The number of amides is 1. The molecule has 1 atom stereocenters. The molecule has 0 saturated heterocycles. The van der Waals surface area contributed by atoms with E-state index in [9.17, 15) is 14.9 Å². The van der Waals surface area contributed by atoms with Crippen molar-refractivity contribution in [1.29, 1.82) is 0 Å². The van der Waals surface area contributed by atoms with Crippen molar-refractivity contribution in [2.75, 3.05) is 19.0 Å². The zero-order valence-corrected chi connectivity index (χ0v) is 11.8.